The Morgan fingerprint density at radius 3 is 2.83 bits per heavy atom. The van der Waals surface area contributed by atoms with Crippen molar-refractivity contribution in [2.24, 2.45) is 0 Å². The largest absolute Gasteiger partial charge is 0.351 e. The number of fused-ring (bicyclic) bond motifs is 3. The van der Waals surface area contributed by atoms with Gasteiger partial charge in [0, 0.05) is 38.4 Å². The number of rotatable bonds is 3. The van der Waals surface area contributed by atoms with Gasteiger partial charge in [0.1, 0.15) is 5.82 Å². The molecule has 0 saturated carbocycles. The van der Waals surface area contributed by atoms with Gasteiger partial charge in [-0.3, -0.25) is 4.90 Å². The first-order valence-electron chi connectivity index (χ1n) is 8.85. The predicted molar refractivity (Wildman–Crippen MR) is 94.8 cm³/mol. The molecular weight excluding hydrogens is 282 g/mol. The van der Waals surface area contributed by atoms with E-state index in [1.165, 1.54) is 35.3 Å². The number of hydrogen-bond donors (Lipinski definition) is 0. The van der Waals surface area contributed by atoms with Gasteiger partial charge in [0.05, 0.1) is 0 Å². The molecule has 3 heteroatoms. The Morgan fingerprint density at radius 2 is 2.00 bits per heavy atom. The van der Waals surface area contributed by atoms with Crippen LogP contribution in [0.25, 0.3) is 0 Å². The Balaban J connectivity index is 1.50. The highest BCUT2D eigenvalue weighted by Gasteiger charge is 2.33. The number of piperazine rings is 1. The van der Waals surface area contributed by atoms with Crippen LogP contribution in [0, 0.1) is 0 Å². The maximum atomic E-state index is 4.73. The highest BCUT2D eigenvalue weighted by atomic mass is 15.3. The Bertz CT molecular complexity index is 668. The minimum atomic E-state index is 0.625. The number of nitrogens with zero attached hydrogens (tertiary/aromatic N) is 3. The molecule has 0 bridgehead atoms. The van der Waals surface area contributed by atoms with Crippen molar-refractivity contribution in [3.8, 4) is 0 Å². The van der Waals surface area contributed by atoms with Gasteiger partial charge in [-0.1, -0.05) is 37.3 Å². The molecule has 1 saturated heterocycles. The summed E-state index contributed by atoms with van der Waals surface area (Å²) < 4.78 is 0. The lowest BCUT2D eigenvalue weighted by Crippen LogP contribution is -2.55. The molecule has 120 valence electrons. The van der Waals surface area contributed by atoms with Gasteiger partial charge in [-0.15, -0.1) is 0 Å². The molecule has 0 amide bonds. The molecule has 0 aliphatic carbocycles. The molecule has 1 atom stereocenters. The Hall–Kier alpha value is -1.87. The number of anilines is 1. The third-order valence-electron chi connectivity index (χ3n) is 5.33. The van der Waals surface area contributed by atoms with Crippen LogP contribution in [0.15, 0.2) is 42.6 Å². The van der Waals surface area contributed by atoms with Gasteiger partial charge >= 0.3 is 0 Å². The molecule has 3 heterocycles. The van der Waals surface area contributed by atoms with Gasteiger partial charge in [-0.05, 0) is 42.0 Å². The Morgan fingerprint density at radius 1 is 1.13 bits per heavy atom. The van der Waals surface area contributed by atoms with Gasteiger partial charge in [0.2, 0.25) is 0 Å². The average Bonchev–Trinajstić information content (AvgIpc) is 2.61. The van der Waals surface area contributed by atoms with Crippen LogP contribution in [-0.4, -0.2) is 35.6 Å². The minimum Gasteiger partial charge on any atom is -0.351 e. The summed E-state index contributed by atoms with van der Waals surface area (Å²) in [4.78, 5) is 9.90. The fraction of sp³-hybridized carbons (Fsp3) is 0.450. The van der Waals surface area contributed by atoms with E-state index in [-0.39, 0.29) is 0 Å². The molecule has 1 aromatic carbocycles. The van der Waals surface area contributed by atoms with Gasteiger partial charge in [0.25, 0.3) is 0 Å². The fourth-order valence-electron chi connectivity index (χ4n) is 4.11. The standard InChI is InChI=1S/C20H25N3/c1-2-17-10-11-21-20-19(17)9-8-18-15-22(12-13-23(18)20)14-16-6-4-3-5-7-16/h3-7,10-11,18H,2,8-9,12-15H2,1H3/t18-/m1/s1. The molecule has 4 rings (SSSR count). The molecule has 0 radical (unpaired) electrons. The van der Waals surface area contributed by atoms with Crippen LogP contribution in [0.2, 0.25) is 0 Å². The molecular formula is C20H25N3. The first kappa shape index (κ1) is 14.7. The van der Waals surface area contributed by atoms with Crippen LogP contribution in [0.3, 0.4) is 0 Å². The lowest BCUT2D eigenvalue weighted by Gasteiger charge is -2.45. The van der Waals surface area contributed by atoms with Crippen LogP contribution in [-0.2, 0) is 19.4 Å². The van der Waals surface area contributed by atoms with Crippen molar-refractivity contribution in [2.75, 3.05) is 24.5 Å². The van der Waals surface area contributed by atoms with E-state index in [9.17, 15) is 0 Å². The number of hydrogen-bond acceptors (Lipinski definition) is 3. The van der Waals surface area contributed by atoms with E-state index >= 15 is 0 Å². The van der Waals surface area contributed by atoms with Crippen LogP contribution in [0.1, 0.15) is 30.0 Å². The normalized spacial score (nSPS) is 20.9. The summed E-state index contributed by atoms with van der Waals surface area (Å²) >= 11 is 0. The van der Waals surface area contributed by atoms with Crippen molar-refractivity contribution in [3.63, 3.8) is 0 Å². The number of pyridine rings is 1. The summed E-state index contributed by atoms with van der Waals surface area (Å²) in [5.41, 5.74) is 4.41. The molecule has 2 aliphatic heterocycles. The van der Waals surface area contributed by atoms with Crippen LogP contribution in [0.5, 0.6) is 0 Å². The smallest absolute Gasteiger partial charge is 0.132 e. The molecule has 0 N–H and O–H groups in total. The van der Waals surface area contributed by atoms with Crippen LogP contribution in [0.4, 0.5) is 5.82 Å². The highest BCUT2D eigenvalue weighted by molar-refractivity contribution is 5.54. The zero-order chi connectivity index (χ0) is 15.6. The van der Waals surface area contributed by atoms with Gasteiger partial charge in [0.15, 0.2) is 0 Å². The monoisotopic (exact) mass is 307 g/mol. The van der Waals surface area contributed by atoms with Crippen molar-refractivity contribution < 1.29 is 0 Å². The highest BCUT2D eigenvalue weighted by Crippen LogP contribution is 2.33. The molecule has 2 aliphatic rings. The van der Waals surface area contributed by atoms with E-state index in [4.69, 9.17) is 4.98 Å². The van der Waals surface area contributed by atoms with Crippen molar-refractivity contribution in [2.45, 2.75) is 38.8 Å². The molecule has 2 aromatic rings. The topological polar surface area (TPSA) is 19.4 Å². The summed E-state index contributed by atoms with van der Waals surface area (Å²) in [6.45, 7) is 6.71. The lowest BCUT2D eigenvalue weighted by atomic mass is 9.92. The number of aryl methyl sites for hydroxylation is 1. The summed E-state index contributed by atoms with van der Waals surface area (Å²) in [5.74, 6) is 1.26. The quantitative estimate of drug-likeness (QED) is 0.867. The molecule has 0 spiro atoms. The van der Waals surface area contributed by atoms with Gasteiger partial charge in [-0.2, -0.15) is 0 Å². The van der Waals surface area contributed by atoms with E-state index in [1.54, 1.807) is 0 Å². The van der Waals surface area contributed by atoms with Crippen LogP contribution < -0.4 is 4.90 Å². The Kier molecular flexibility index (Phi) is 4.04. The lowest BCUT2D eigenvalue weighted by molar-refractivity contribution is 0.206. The van der Waals surface area contributed by atoms with E-state index < -0.39 is 0 Å². The summed E-state index contributed by atoms with van der Waals surface area (Å²) in [7, 11) is 0. The van der Waals surface area contributed by atoms with Gasteiger partial charge < -0.3 is 4.90 Å². The fourth-order valence-corrected chi connectivity index (χ4v) is 4.11. The summed E-state index contributed by atoms with van der Waals surface area (Å²) in [5, 5.41) is 0. The van der Waals surface area contributed by atoms with Crippen LogP contribution >= 0.6 is 0 Å². The summed E-state index contributed by atoms with van der Waals surface area (Å²) in [6, 6.07) is 13.7. The van der Waals surface area contributed by atoms with Crippen molar-refractivity contribution in [1.29, 1.82) is 0 Å². The molecule has 1 aromatic heterocycles. The van der Waals surface area contributed by atoms with Crippen molar-refractivity contribution in [1.82, 2.24) is 9.88 Å². The molecule has 23 heavy (non-hydrogen) atoms. The second-order valence-corrected chi connectivity index (χ2v) is 6.73. The molecule has 0 unspecified atom stereocenters. The third-order valence-corrected chi connectivity index (χ3v) is 5.33. The van der Waals surface area contributed by atoms with Crippen molar-refractivity contribution in [3.05, 3.63) is 59.3 Å². The second-order valence-electron chi connectivity index (χ2n) is 6.73. The zero-order valence-electron chi connectivity index (χ0n) is 13.9. The van der Waals surface area contributed by atoms with Gasteiger partial charge in [-0.25, -0.2) is 4.98 Å². The minimum absolute atomic E-state index is 0.625. The summed E-state index contributed by atoms with van der Waals surface area (Å²) in [6.07, 6.45) is 5.56. The maximum Gasteiger partial charge on any atom is 0.132 e. The second kappa shape index (κ2) is 6.32. The third kappa shape index (κ3) is 2.86. The predicted octanol–water partition coefficient (Wildman–Crippen LogP) is 3.28. The Labute approximate surface area is 139 Å². The zero-order valence-corrected chi connectivity index (χ0v) is 13.9. The first-order valence-corrected chi connectivity index (χ1v) is 8.85. The van der Waals surface area contributed by atoms with E-state index in [1.807, 2.05) is 6.20 Å². The SMILES string of the molecule is CCc1ccnc2c1CC[C@@H]1CN(Cc3ccccc3)CCN21. The van der Waals surface area contributed by atoms with Crippen molar-refractivity contribution >= 4 is 5.82 Å². The van der Waals surface area contributed by atoms with E-state index in [0.29, 0.717) is 6.04 Å². The average molecular weight is 307 g/mol. The first-order chi connectivity index (χ1) is 11.3. The molecule has 3 nitrogen and oxygen atoms in total. The molecule has 1 fully saturated rings. The number of benzene rings is 1. The van der Waals surface area contributed by atoms with E-state index in [0.717, 1.165) is 32.6 Å². The number of aromatic nitrogens is 1. The van der Waals surface area contributed by atoms with E-state index in [2.05, 4.69) is 53.1 Å². The maximum absolute atomic E-state index is 4.73.